The van der Waals surface area contributed by atoms with E-state index in [0.29, 0.717) is 12.1 Å². The zero-order valence-corrected chi connectivity index (χ0v) is 15.6. The normalized spacial score (nSPS) is 18.9. The molecular weight excluding hydrogens is 352 g/mol. The van der Waals surface area contributed by atoms with Crippen molar-refractivity contribution in [2.45, 2.75) is 38.8 Å². The van der Waals surface area contributed by atoms with E-state index in [4.69, 9.17) is 4.74 Å². The fourth-order valence-corrected chi connectivity index (χ4v) is 3.94. The average Bonchev–Trinajstić information content (AvgIpc) is 3.21. The maximum Gasteiger partial charge on any atom is 0.324 e. The van der Waals surface area contributed by atoms with Crippen molar-refractivity contribution in [3.63, 3.8) is 0 Å². The minimum Gasteiger partial charge on any atom is -0.480 e. The van der Waals surface area contributed by atoms with Crippen LogP contribution in [0.3, 0.4) is 0 Å². The summed E-state index contributed by atoms with van der Waals surface area (Å²) in [5, 5.41) is 12.5. The van der Waals surface area contributed by atoms with Gasteiger partial charge >= 0.3 is 11.9 Å². The van der Waals surface area contributed by atoms with Gasteiger partial charge in [0.05, 0.1) is 5.69 Å². The molecular formula is C19H22N2O4S. The van der Waals surface area contributed by atoms with Crippen LogP contribution in [-0.2, 0) is 20.7 Å². The van der Waals surface area contributed by atoms with Crippen LogP contribution < -0.4 is 0 Å². The predicted octanol–water partition coefficient (Wildman–Crippen LogP) is 3.04. The third kappa shape index (κ3) is 4.11. The minimum atomic E-state index is -0.966. The first-order chi connectivity index (χ1) is 12.5. The molecule has 1 aromatic heterocycles. The maximum absolute atomic E-state index is 12.0. The van der Waals surface area contributed by atoms with Gasteiger partial charge in [0.15, 0.2) is 0 Å². The second-order valence-electron chi connectivity index (χ2n) is 6.82. The zero-order valence-electron chi connectivity index (χ0n) is 14.8. The van der Waals surface area contributed by atoms with Crippen molar-refractivity contribution in [1.29, 1.82) is 0 Å². The number of carboxylic acids is 1. The van der Waals surface area contributed by atoms with Gasteiger partial charge in [-0.05, 0) is 12.3 Å². The van der Waals surface area contributed by atoms with E-state index < -0.39 is 18.1 Å². The van der Waals surface area contributed by atoms with Crippen molar-refractivity contribution >= 4 is 23.3 Å². The zero-order chi connectivity index (χ0) is 18.7. The molecule has 1 aliphatic heterocycles. The van der Waals surface area contributed by atoms with Gasteiger partial charge in [0.2, 0.25) is 0 Å². The lowest BCUT2D eigenvalue weighted by atomic mass is 10.0. The highest BCUT2D eigenvalue weighted by Crippen LogP contribution is 2.27. The number of ether oxygens (including phenoxy) is 1. The molecule has 1 aliphatic rings. The van der Waals surface area contributed by atoms with Crippen molar-refractivity contribution in [1.82, 2.24) is 9.88 Å². The van der Waals surface area contributed by atoms with Gasteiger partial charge in [-0.15, -0.1) is 11.3 Å². The van der Waals surface area contributed by atoms with E-state index in [1.54, 1.807) is 4.90 Å². The third-order valence-corrected chi connectivity index (χ3v) is 5.32. The van der Waals surface area contributed by atoms with Gasteiger partial charge in [-0.1, -0.05) is 44.2 Å². The molecule has 2 aromatic rings. The van der Waals surface area contributed by atoms with Crippen molar-refractivity contribution in [2.24, 2.45) is 5.92 Å². The number of hydrogen-bond donors (Lipinski definition) is 1. The molecule has 3 rings (SSSR count). The molecule has 6 nitrogen and oxygen atoms in total. The Balaban J connectivity index is 1.78. The van der Waals surface area contributed by atoms with Crippen LogP contribution in [0, 0.1) is 5.92 Å². The molecule has 2 heterocycles. The first kappa shape index (κ1) is 18.5. The van der Waals surface area contributed by atoms with E-state index in [1.807, 2.05) is 49.6 Å². The number of rotatable bonds is 7. The molecule has 0 radical (unpaired) electrons. The first-order valence-electron chi connectivity index (χ1n) is 8.60. The van der Waals surface area contributed by atoms with E-state index in [2.05, 4.69) is 4.98 Å². The van der Waals surface area contributed by atoms with Crippen LogP contribution in [0.2, 0.25) is 0 Å². The number of thiazole rings is 1. The highest BCUT2D eigenvalue weighted by molar-refractivity contribution is 7.13. The smallest absolute Gasteiger partial charge is 0.324 e. The van der Waals surface area contributed by atoms with Crippen LogP contribution in [0.25, 0.3) is 10.6 Å². The van der Waals surface area contributed by atoms with Crippen LogP contribution in [-0.4, -0.2) is 45.7 Å². The first-order valence-corrected chi connectivity index (χ1v) is 9.48. The molecule has 26 heavy (non-hydrogen) atoms. The Kier molecular flexibility index (Phi) is 5.68. The van der Waals surface area contributed by atoms with Gasteiger partial charge in [0, 0.05) is 17.4 Å². The monoisotopic (exact) mass is 374 g/mol. The van der Waals surface area contributed by atoms with E-state index in [0.717, 1.165) is 10.6 Å². The molecule has 2 atom stereocenters. The van der Waals surface area contributed by atoms with Gasteiger partial charge in [-0.25, -0.2) is 9.88 Å². The number of cyclic esters (lactones) is 1. The number of aliphatic carboxylic acids is 1. The maximum atomic E-state index is 12.0. The number of nitrogens with zero attached hydrogens (tertiary/aromatic N) is 2. The lowest BCUT2D eigenvalue weighted by Gasteiger charge is -2.27. The number of esters is 1. The summed E-state index contributed by atoms with van der Waals surface area (Å²) in [6.07, 6.45) is 0.818. The Morgan fingerprint density at radius 2 is 2.12 bits per heavy atom. The van der Waals surface area contributed by atoms with Crippen LogP contribution in [0.15, 0.2) is 35.7 Å². The van der Waals surface area contributed by atoms with E-state index in [-0.39, 0.29) is 25.0 Å². The summed E-state index contributed by atoms with van der Waals surface area (Å²) < 4.78 is 5.13. The van der Waals surface area contributed by atoms with Crippen LogP contribution in [0.4, 0.5) is 0 Å². The van der Waals surface area contributed by atoms with E-state index in [1.165, 1.54) is 11.3 Å². The molecule has 1 N–H and O–H groups in total. The Morgan fingerprint density at radius 3 is 2.77 bits per heavy atom. The number of hydrogen-bond acceptors (Lipinski definition) is 6. The molecule has 0 aliphatic carbocycles. The van der Waals surface area contributed by atoms with Crippen molar-refractivity contribution in [3.8, 4) is 10.6 Å². The Hall–Kier alpha value is -2.25. The van der Waals surface area contributed by atoms with Gasteiger partial charge in [-0.2, -0.15) is 0 Å². The molecule has 0 bridgehead atoms. The van der Waals surface area contributed by atoms with Crippen LogP contribution >= 0.6 is 11.3 Å². The van der Waals surface area contributed by atoms with Gasteiger partial charge in [0.1, 0.15) is 23.8 Å². The topological polar surface area (TPSA) is 79.7 Å². The lowest BCUT2D eigenvalue weighted by Crippen LogP contribution is -2.47. The number of benzene rings is 1. The second-order valence-corrected chi connectivity index (χ2v) is 7.68. The van der Waals surface area contributed by atoms with Gasteiger partial charge < -0.3 is 9.84 Å². The third-order valence-electron chi connectivity index (χ3n) is 4.38. The molecule has 0 amide bonds. The van der Waals surface area contributed by atoms with E-state index >= 15 is 0 Å². The standard InChI is InChI=1S/C19H22N2O4S/c1-12(2)8-16-19(24)25-11-21(16)15(18(22)23)9-14-10-26-17(20-14)13-6-4-3-5-7-13/h3-7,10,12,15-16H,8-9,11H2,1-2H3,(H,22,23)/t15-,16-/m0/s1. The number of aromatic nitrogens is 1. The van der Waals surface area contributed by atoms with E-state index in [9.17, 15) is 14.7 Å². The predicted molar refractivity (Wildman–Crippen MR) is 98.7 cm³/mol. The molecule has 0 saturated carbocycles. The highest BCUT2D eigenvalue weighted by atomic mass is 32.1. The summed E-state index contributed by atoms with van der Waals surface area (Å²) >= 11 is 1.49. The number of carbonyl (C=O) groups is 2. The SMILES string of the molecule is CC(C)C[C@H]1C(=O)OCN1[C@@H](Cc1csc(-c2ccccc2)n1)C(=O)O. The summed E-state index contributed by atoms with van der Waals surface area (Å²) in [5.41, 5.74) is 1.72. The second kappa shape index (κ2) is 7.97. The number of carbonyl (C=O) groups excluding carboxylic acids is 1. The molecule has 1 saturated heterocycles. The average molecular weight is 374 g/mol. The fourth-order valence-electron chi connectivity index (χ4n) is 3.10. The molecule has 7 heteroatoms. The fraction of sp³-hybridized carbons (Fsp3) is 0.421. The summed E-state index contributed by atoms with van der Waals surface area (Å²) in [6, 6.07) is 8.43. The summed E-state index contributed by atoms with van der Waals surface area (Å²) in [5.74, 6) is -1.04. The van der Waals surface area contributed by atoms with Crippen molar-refractivity contribution < 1.29 is 19.4 Å². The largest absolute Gasteiger partial charge is 0.480 e. The van der Waals surface area contributed by atoms with Crippen LogP contribution in [0.5, 0.6) is 0 Å². The van der Waals surface area contributed by atoms with Crippen LogP contribution in [0.1, 0.15) is 26.0 Å². The van der Waals surface area contributed by atoms with Gasteiger partial charge in [-0.3, -0.25) is 9.59 Å². The molecule has 0 unspecified atom stereocenters. The lowest BCUT2D eigenvalue weighted by molar-refractivity contribution is -0.144. The molecule has 138 valence electrons. The number of carboxylic acid groups (broad SMARTS) is 1. The molecule has 1 aromatic carbocycles. The van der Waals surface area contributed by atoms with Crippen molar-refractivity contribution in [2.75, 3.05) is 6.73 Å². The molecule has 0 spiro atoms. The minimum absolute atomic E-state index is 0.0167. The highest BCUT2D eigenvalue weighted by Gasteiger charge is 2.42. The Labute approximate surface area is 156 Å². The quantitative estimate of drug-likeness (QED) is 0.751. The summed E-state index contributed by atoms with van der Waals surface area (Å²) in [7, 11) is 0. The van der Waals surface area contributed by atoms with Crippen molar-refractivity contribution in [3.05, 3.63) is 41.4 Å². The summed E-state index contributed by atoms with van der Waals surface area (Å²) in [6.45, 7) is 4.03. The Bertz CT molecular complexity index is 775. The molecule has 1 fully saturated rings. The summed E-state index contributed by atoms with van der Waals surface area (Å²) in [4.78, 5) is 30.1. The van der Waals surface area contributed by atoms with Gasteiger partial charge in [0.25, 0.3) is 0 Å². The Morgan fingerprint density at radius 1 is 1.38 bits per heavy atom.